The Kier molecular flexibility index (Phi) is 8.34. The van der Waals surface area contributed by atoms with Gasteiger partial charge in [0.2, 0.25) is 0 Å². The Morgan fingerprint density at radius 2 is 1.43 bits per heavy atom. The monoisotopic (exact) mass is 566 g/mol. The van der Waals surface area contributed by atoms with Crippen molar-refractivity contribution in [3.63, 3.8) is 0 Å². The average molecular weight is 567 g/mol. The van der Waals surface area contributed by atoms with Gasteiger partial charge in [0.1, 0.15) is 0 Å². The van der Waals surface area contributed by atoms with Crippen molar-refractivity contribution in [2.24, 2.45) is 40.4 Å². The van der Waals surface area contributed by atoms with Crippen LogP contribution < -0.4 is 0 Å². The van der Waals surface area contributed by atoms with Crippen LogP contribution in [-0.2, 0) is 18.1 Å². The number of hydrogen-bond acceptors (Lipinski definition) is 4. The van der Waals surface area contributed by atoms with Gasteiger partial charge in [-0.25, -0.2) is 0 Å². The Hall–Kier alpha value is 0.201. The molecule has 4 aliphatic carbocycles. The highest BCUT2D eigenvalue weighted by molar-refractivity contribution is 6.70. The van der Waals surface area contributed by atoms with E-state index in [0.29, 0.717) is 41.7 Å². The van der Waals surface area contributed by atoms with Gasteiger partial charge < -0.3 is 13.3 Å². The van der Waals surface area contributed by atoms with Crippen LogP contribution in [0.1, 0.15) is 65.2 Å². The van der Waals surface area contributed by atoms with Gasteiger partial charge in [0.05, 0.1) is 6.61 Å². The summed E-state index contributed by atoms with van der Waals surface area (Å²) < 4.78 is 20.0. The Labute approximate surface area is 231 Å². The molecule has 0 aromatic heterocycles. The number of fused-ring (bicyclic) bond motifs is 5. The van der Waals surface area contributed by atoms with E-state index in [1.165, 1.54) is 38.5 Å². The van der Waals surface area contributed by atoms with Crippen molar-refractivity contribution in [1.29, 1.82) is 0 Å². The lowest BCUT2D eigenvalue weighted by Gasteiger charge is -2.64. The summed E-state index contributed by atoms with van der Waals surface area (Å²) in [5.41, 5.74) is 0.379. The zero-order valence-electron chi connectivity index (χ0n) is 26.0. The number of rotatable bonds is 8. The first kappa shape index (κ1) is 30.2. The molecule has 214 valence electrons. The number of ketones is 1. The zero-order valence-corrected chi connectivity index (χ0v) is 29.0. The van der Waals surface area contributed by atoms with Crippen LogP contribution in [0.25, 0.3) is 0 Å². The largest absolute Gasteiger partial charge is 0.415 e. The van der Waals surface area contributed by atoms with Crippen molar-refractivity contribution in [2.75, 3.05) is 6.61 Å². The second-order valence-corrected chi connectivity index (χ2v) is 30.1. The van der Waals surface area contributed by atoms with E-state index in [2.05, 4.69) is 72.8 Å². The third-order valence-electron chi connectivity index (χ3n) is 10.6. The van der Waals surface area contributed by atoms with Gasteiger partial charge >= 0.3 is 0 Å². The molecule has 0 bridgehead atoms. The number of carbonyl (C=O) groups excluding carboxylic acids is 1. The molecule has 0 saturated heterocycles. The number of hydrogen-bond donors (Lipinski definition) is 0. The van der Waals surface area contributed by atoms with Crippen molar-refractivity contribution < 1.29 is 18.1 Å². The summed E-state index contributed by atoms with van der Waals surface area (Å²) >= 11 is 0. The SMILES string of the molecule is C[C@]12CC[C@@H](O[Si](C)(C)C)C[C@@H]1CC[C@@H]1[C@@H]2[C@@H](O[Si](C)(C)C)C[C@]2(C)[C@@H](C(=O)CO[Si](C)(C)C)CC[C@@H]12. The molecular weight excluding hydrogens is 509 g/mol. The fourth-order valence-electron chi connectivity index (χ4n) is 9.40. The van der Waals surface area contributed by atoms with Crippen LogP contribution in [0.3, 0.4) is 0 Å². The fraction of sp³-hybridized carbons (Fsp3) is 0.967. The minimum Gasteiger partial charge on any atom is -0.415 e. The molecule has 4 fully saturated rings. The van der Waals surface area contributed by atoms with Gasteiger partial charge in [-0.1, -0.05) is 13.8 Å². The summed E-state index contributed by atoms with van der Waals surface area (Å²) in [5.74, 6) is 3.19. The Balaban J connectivity index is 1.61. The molecular formula is C30H58O4Si3. The Morgan fingerprint density at radius 3 is 2.03 bits per heavy atom. The van der Waals surface area contributed by atoms with Crippen molar-refractivity contribution in [1.82, 2.24) is 0 Å². The summed E-state index contributed by atoms with van der Waals surface area (Å²) in [4.78, 5) is 13.6. The number of Topliss-reactive ketones (excluding diaryl/α,β-unsaturated/α-hetero) is 1. The van der Waals surface area contributed by atoms with Crippen molar-refractivity contribution in [3.05, 3.63) is 0 Å². The summed E-state index contributed by atoms with van der Waals surface area (Å²) in [5, 5.41) is 0. The van der Waals surface area contributed by atoms with Crippen molar-refractivity contribution >= 4 is 30.7 Å². The smallest absolute Gasteiger partial charge is 0.184 e. The maximum absolute atomic E-state index is 13.6. The lowest BCUT2D eigenvalue weighted by molar-refractivity contribution is -0.173. The van der Waals surface area contributed by atoms with E-state index >= 15 is 0 Å². The van der Waals surface area contributed by atoms with Gasteiger partial charge in [-0.3, -0.25) is 4.79 Å². The molecule has 0 aliphatic heterocycles. The molecule has 0 aromatic carbocycles. The Morgan fingerprint density at radius 1 is 0.784 bits per heavy atom. The molecule has 37 heavy (non-hydrogen) atoms. The van der Waals surface area contributed by atoms with Gasteiger partial charge in [-0.15, -0.1) is 0 Å². The quantitative estimate of drug-likeness (QED) is 0.278. The zero-order chi connectivity index (χ0) is 27.6. The summed E-state index contributed by atoms with van der Waals surface area (Å²) in [6, 6.07) is 0. The second-order valence-electron chi connectivity index (χ2n) is 16.7. The van der Waals surface area contributed by atoms with Crippen LogP contribution in [0.15, 0.2) is 0 Å². The van der Waals surface area contributed by atoms with Crippen molar-refractivity contribution in [3.8, 4) is 0 Å². The molecule has 7 heteroatoms. The highest BCUT2D eigenvalue weighted by Crippen LogP contribution is 2.68. The molecule has 0 radical (unpaired) electrons. The first-order chi connectivity index (χ1) is 16.8. The standard InChI is InChI=1S/C30H58O4Si3/c1-29-17-16-22(33-36(6,7)8)18-21(29)12-13-23-24-14-15-25(26(31)20-32-35(3,4)5)30(24,2)19-27(28(23)29)34-37(9,10)11/h21-25,27-28H,12-20H2,1-11H3/t21-,22+,23-,24-,25+,27-,28+,29-,30-/m0/s1. The summed E-state index contributed by atoms with van der Waals surface area (Å²) in [6.45, 7) is 26.0. The highest BCUT2D eigenvalue weighted by Gasteiger charge is 2.64. The maximum atomic E-state index is 13.6. The highest BCUT2D eigenvalue weighted by atomic mass is 28.4. The van der Waals surface area contributed by atoms with E-state index < -0.39 is 25.0 Å². The molecule has 0 heterocycles. The molecule has 0 spiro atoms. The molecule has 0 amide bonds. The predicted octanol–water partition coefficient (Wildman–Crippen LogP) is 8.12. The fourth-order valence-corrected chi connectivity index (χ4v) is 12.3. The second kappa shape index (κ2) is 10.2. The normalized spacial score (nSPS) is 42.6. The first-order valence-corrected chi connectivity index (χ1v) is 25.6. The first-order valence-electron chi connectivity index (χ1n) is 15.3. The molecule has 0 aromatic rings. The lowest BCUT2D eigenvalue weighted by Crippen LogP contribution is -2.61. The van der Waals surface area contributed by atoms with Gasteiger partial charge in [-0.05, 0) is 145 Å². The summed E-state index contributed by atoms with van der Waals surface area (Å²) in [6.07, 6.45) is 10.4. The molecule has 0 N–H and O–H groups in total. The van der Waals surface area contributed by atoms with E-state index in [1.54, 1.807) is 0 Å². The van der Waals surface area contributed by atoms with E-state index in [-0.39, 0.29) is 17.4 Å². The number of carbonyl (C=O) groups is 1. The van der Waals surface area contributed by atoms with E-state index in [9.17, 15) is 4.79 Å². The molecule has 9 atom stereocenters. The van der Waals surface area contributed by atoms with Gasteiger partial charge in [0.15, 0.2) is 30.7 Å². The Bertz CT molecular complexity index is 843. The van der Waals surface area contributed by atoms with Gasteiger partial charge in [0, 0.05) is 18.1 Å². The van der Waals surface area contributed by atoms with Crippen LogP contribution in [-0.4, -0.2) is 49.6 Å². The third kappa shape index (κ3) is 6.42. The molecule has 4 nitrogen and oxygen atoms in total. The molecule has 4 rings (SSSR count). The van der Waals surface area contributed by atoms with E-state index in [0.717, 1.165) is 18.8 Å². The van der Waals surface area contributed by atoms with Gasteiger partial charge in [0.25, 0.3) is 0 Å². The topological polar surface area (TPSA) is 44.8 Å². The van der Waals surface area contributed by atoms with Crippen molar-refractivity contribution in [2.45, 2.75) is 136 Å². The maximum Gasteiger partial charge on any atom is 0.184 e. The third-order valence-corrected chi connectivity index (χ3v) is 13.6. The van der Waals surface area contributed by atoms with Crippen LogP contribution in [0.4, 0.5) is 0 Å². The lowest BCUT2D eigenvalue weighted by atomic mass is 9.44. The van der Waals surface area contributed by atoms with Crippen LogP contribution >= 0.6 is 0 Å². The molecule has 4 saturated carbocycles. The van der Waals surface area contributed by atoms with E-state index in [4.69, 9.17) is 13.3 Å². The minimum atomic E-state index is -1.75. The van der Waals surface area contributed by atoms with Crippen LogP contribution in [0.5, 0.6) is 0 Å². The molecule has 0 unspecified atom stereocenters. The van der Waals surface area contributed by atoms with Crippen LogP contribution in [0.2, 0.25) is 58.9 Å². The van der Waals surface area contributed by atoms with Gasteiger partial charge in [-0.2, -0.15) is 0 Å². The minimum absolute atomic E-state index is 0.0483. The average Bonchev–Trinajstić information content (AvgIpc) is 3.06. The van der Waals surface area contributed by atoms with E-state index in [1.807, 2.05) is 0 Å². The summed E-state index contributed by atoms with van der Waals surface area (Å²) in [7, 11) is -4.98. The predicted molar refractivity (Wildman–Crippen MR) is 161 cm³/mol. The van der Waals surface area contributed by atoms with Crippen LogP contribution in [0, 0.1) is 40.4 Å². The molecule has 4 aliphatic rings.